The number of hydrogen-bond donors (Lipinski definition) is 2. The van der Waals surface area contributed by atoms with Gasteiger partial charge in [-0.1, -0.05) is 18.2 Å². The number of aromatic nitrogens is 1. The molecule has 1 fully saturated rings. The lowest BCUT2D eigenvalue weighted by atomic mass is 9.86. The van der Waals surface area contributed by atoms with Gasteiger partial charge in [0.15, 0.2) is 5.60 Å². The van der Waals surface area contributed by atoms with Gasteiger partial charge in [-0.15, -0.1) is 0 Å². The molecule has 1 spiro atoms. The third-order valence-corrected chi connectivity index (χ3v) is 7.00. The van der Waals surface area contributed by atoms with Crippen molar-refractivity contribution in [3.63, 3.8) is 0 Å². The number of piperidine rings is 1. The Hall–Kier alpha value is -3.29. The number of rotatable bonds is 6. The summed E-state index contributed by atoms with van der Waals surface area (Å²) in [6.45, 7) is 0.924. The fourth-order valence-corrected chi connectivity index (χ4v) is 5.08. The van der Waals surface area contributed by atoms with Crippen LogP contribution in [0.5, 0.6) is 11.5 Å². The maximum absolute atomic E-state index is 13.3. The number of aryl methyl sites for hydroxylation is 1. The number of carbonyl (C=O) groups is 1. The van der Waals surface area contributed by atoms with Gasteiger partial charge >= 0.3 is 0 Å². The van der Waals surface area contributed by atoms with E-state index < -0.39 is 11.7 Å². The van der Waals surface area contributed by atoms with E-state index in [1.54, 1.807) is 13.2 Å². The first-order chi connectivity index (χ1) is 16.5. The fourth-order valence-electron chi connectivity index (χ4n) is 5.08. The van der Waals surface area contributed by atoms with Crippen LogP contribution in [-0.4, -0.2) is 58.5 Å². The van der Waals surface area contributed by atoms with Crippen LogP contribution in [0.2, 0.25) is 0 Å². The van der Waals surface area contributed by atoms with Crippen LogP contribution < -0.4 is 9.47 Å². The molecule has 5 rings (SSSR count). The van der Waals surface area contributed by atoms with Crippen LogP contribution in [0.15, 0.2) is 60.8 Å². The van der Waals surface area contributed by atoms with E-state index in [4.69, 9.17) is 14.6 Å². The normalized spacial score (nSPS) is 17.0. The molecule has 3 heterocycles. The molecule has 0 saturated carbocycles. The standard InChI is InChI=1S/C27H30N2O5.2H2/c1-33-24-17-20(9-8-19(24)10-11-21(31)18-30)26(32)28-15-12-27(13-16-28)25-7-4-14-29(25)22-5-2-3-6-23(22)34-27;;/h2-9,14,17,21,30-31H,10-13,15-16,18H2,1H3;2*1H/t21-;;/m0../s1. The SMILES string of the molecule is COc1cc(C(=O)N2CCC3(CC2)Oc2ccccc2-n2cccc23)ccc1CC[C@H](O)CO.[HH].[HH]. The topological polar surface area (TPSA) is 84.2 Å². The lowest BCUT2D eigenvalue weighted by Gasteiger charge is -2.45. The number of hydrogen-bond acceptors (Lipinski definition) is 5. The molecule has 3 aromatic rings. The summed E-state index contributed by atoms with van der Waals surface area (Å²) in [5, 5.41) is 18.7. The average molecular weight is 467 g/mol. The van der Waals surface area contributed by atoms with Gasteiger partial charge in [0.2, 0.25) is 0 Å². The lowest BCUT2D eigenvalue weighted by Crippen LogP contribution is -2.50. The van der Waals surface area contributed by atoms with Crippen LogP contribution in [0, 0.1) is 0 Å². The van der Waals surface area contributed by atoms with Crippen molar-refractivity contribution >= 4 is 5.91 Å². The van der Waals surface area contributed by atoms with Gasteiger partial charge in [-0.05, 0) is 54.8 Å². The maximum Gasteiger partial charge on any atom is 0.253 e. The molecule has 7 nitrogen and oxygen atoms in total. The second kappa shape index (κ2) is 9.16. The smallest absolute Gasteiger partial charge is 0.253 e. The van der Waals surface area contributed by atoms with Crippen molar-refractivity contribution in [3.05, 3.63) is 77.6 Å². The van der Waals surface area contributed by atoms with E-state index in [1.807, 2.05) is 41.3 Å². The molecule has 2 aliphatic rings. The summed E-state index contributed by atoms with van der Waals surface area (Å²) in [7, 11) is 1.58. The Kier molecular flexibility index (Phi) is 6.06. The molecule has 2 aliphatic heterocycles. The quantitative estimate of drug-likeness (QED) is 0.578. The van der Waals surface area contributed by atoms with Crippen molar-refractivity contribution in [2.45, 2.75) is 37.4 Å². The van der Waals surface area contributed by atoms with E-state index in [2.05, 4.69) is 22.9 Å². The summed E-state index contributed by atoms with van der Waals surface area (Å²) in [6, 6.07) is 17.7. The van der Waals surface area contributed by atoms with Gasteiger partial charge in [-0.3, -0.25) is 4.79 Å². The minimum Gasteiger partial charge on any atom is -0.496 e. The number of likely N-dealkylation sites (tertiary alicyclic amines) is 1. The molecule has 2 N–H and O–H groups in total. The number of aliphatic hydroxyl groups is 2. The highest BCUT2D eigenvalue weighted by Crippen LogP contribution is 2.45. The zero-order chi connectivity index (χ0) is 23.7. The molecule has 2 aromatic carbocycles. The largest absolute Gasteiger partial charge is 0.496 e. The van der Waals surface area contributed by atoms with Crippen molar-refractivity contribution in [2.24, 2.45) is 0 Å². The summed E-state index contributed by atoms with van der Waals surface area (Å²) in [4.78, 5) is 15.2. The molecule has 1 aromatic heterocycles. The molecule has 1 amide bonds. The number of nitrogens with zero attached hydrogens (tertiary/aromatic N) is 2. The van der Waals surface area contributed by atoms with Gasteiger partial charge in [0.1, 0.15) is 11.5 Å². The van der Waals surface area contributed by atoms with Gasteiger partial charge in [0.25, 0.3) is 5.91 Å². The number of aliphatic hydroxyl groups excluding tert-OH is 2. The van der Waals surface area contributed by atoms with E-state index in [-0.39, 0.29) is 15.4 Å². The van der Waals surface area contributed by atoms with Crippen LogP contribution in [0.25, 0.3) is 5.69 Å². The Labute approximate surface area is 202 Å². The first-order valence-electron chi connectivity index (χ1n) is 11.8. The summed E-state index contributed by atoms with van der Waals surface area (Å²) in [5.41, 5.74) is 3.22. The van der Waals surface area contributed by atoms with Crippen LogP contribution in [0.3, 0.4) is 0 Å². The van der Waals surface area contributed by atoms with Crippen LogP contribution in [0.4, 0.5) is 0 Å². The average Bonchev–Trinajstić information content (AvgIpc) is 3.39. The van der Waals surface area contributed by atoms with E-state index >= 15 is 0 Å². The van der Waals surface area contributed by atoms with Crippen molar-refractivity contribution in [1.82, 2.24) is 9.47 Å². The Morgan fingerprint density at radius 1 is 1.18 bits per heavy atom. The summed E-state index contributed by atoms with van der Waals surface area (Å²) in [5.74, 6) is 1.47. The van der Waals surface area contributed by atoms with Gasteiger partial charge in [0, 0.05) is 40.5 Å². The van der Waals surface area contributed by atoms with Crippen molar-refractivity contribution in [3.8, 4) is 17.2 Å². The molecular weight excluding hydrogens is 432 g/mol. The number of para-hydroxylation sites is 2. The third kappa shape index (κ3) is 3.95. The highest BCUT2D eigenvalue weighted by molar-refractivity contribution is 5.94. The van der Waals surface area contributed by atoms with Crippen LogP contribution in [-0.2, 0) is 12.0 Å². The highest BCUT2D eigenvalue weighted by Gasteiger charge is 2.44. The molecule has 0 unspecified atom stereocenters. The van der Waals surface area contributed by atoms with Gasteiger partial charge in [-0.2, -0.15) is 0 Å². The maximum atomic E-state index is 13.3. The Balaban J connectivity index is 0.00000180. The Bertz CT molecular complexity index is 1190. The molecule has 7 heteroatoms. The zero-order valence-electron chi connectivity index (χ0n) is 19.3. The van der Waals surface area contributed by atoms with E-state index in [0.29, 0.717) is 50.1 Å². The van der Waals surface area contributed by atoms with Gasteiger partial charge in [-0.25, -0.2) is 0 Å². The molecule has 34 heavy (non-hydrogen) atoms. The number of fused-ring (bicyclic) bond motifs is 4. The lowest BCUT2D eigenvalue weighted by molar-refractivity contribution is -0.00931. The second-order valence-electron chi connectivity index (χ2n) is 9.02. The van der Waals surface area contributed by atoms with Crippen LogP contribution in [0.1, 0.15) is 43.7 Å². The highest BCUT2D eigenvalue weighted by atomic mass is 16.5. The number of benzene rings is 2. The molecular formula is C27H34N2O5. The molecule has 1 saturated heterocycles. The summed E-state index contributed by atoms with van der Waals surface area (Å²) in [6.07, 6.45) is 3.73. The second-order valence-corrected chi connectivity index (χ2v) is 9.02. The first kappa shape index (κ1) is 22.5. The molecule has 0 aliphatic carbocycles. The minimum absolute atomic E-state index is 0. The van der Waals surface area contributed by atoms with Crippen molar-refractivity contribution in [2.75, 3.05) is 26.8 Å². The van der Waals surface area contributed by atoms with Crippen LogP contribution >= 0.6 is 0 Å². The first-order valence-corrected chi connectivity index (χ1v) is 11.8. The summed E-state index contributed by atoms with van der Waals surface area (Å²) < 4.78 is 14.3. The van der Waals surface area contributed by atoms with Gasteiger partial charge < -0.3 is 29.2 Å². The number of methoxy groups -OCH3 is 1. The van der Waals surface area contributed by atoms with Crippen molar-refractivity contribution in [1.29, 1.82) is 0 Å². The molecule has 0 bridgehead atoms. The Morgan fingerprint density at radius 2 is 1.97 bits per heavy atom. The molecule has 0 radical (unpaired) electrons. The van der Waals surface area contributed by atoms with E-state index in [9.17, 15) is 9.90 Å². The number of carbonyl (C=O) groups excluding carboxylic acids is 1. The third-order valence-electron chi connectivity index (χ3n) is 7.00. The van der Waals surface area contributed by atoms with Crippen molar-refractivity contribution < 1.29 is 27.3 Å². The van der Waals surface area contributed by atoms with E-state index in [0.717, 1.165) is 22.7 Å². The zero-order valence-corrected chi connectivity index (χ0v) is 19.3. The minimum atomic E-state index is -0.762. The fraction of sp³-hybridized carbons (Fsp3) is 0.370. The molecule has 182 valence electrons. The molecule has 1 atom stereocenters. The monoisotopic (exact) mass is 466 g/mol. The van der Waals surface area contributed by atoms with E-state index in [1.165, 1.54) is 0 Å². The van der Waals surface area contributed by atoms with Gasteiger partial charge in [0.05, 0.1) is 31.2 Å². The Morgan fingerprint density at radius 3 is 2.74 bits per heavy atom. The summed E-state index contributed by atoms with van der Waals surface area (Å²) >= 11 is 0. The predicted octanol–water partition coefficient (Wildman–Crippen LogP) is 3.79. The number of ether oxygens (including phenoxy) is 2. The predicted molar refractivity (Wildman–Crippen MR) is 132 cm³/mol. The number of amides is 1.